The monoisotopic (exact) mass is 345 g/mol. The van der Waals surface area contributed by atoms with Crippen molar-refractivity contribution in [2.75, 3.05) is 13.1 Å². The minimum absolute atomic E-state index is 0.0337. The summed E-state index contributed by atoms with van der Waals surface area (Å²) in [5.74, 6) is 0.770. The molecule has 2 fully saturated rings. The van der Waals surface area contributed by atoms with Gasteiger partial charge in [-0.3, -0.25) is 4.79 Å². The number of benzene rings is 1. The van der Waals surface area contributed by atoms with Gasteiger partial charge in [0.05, 0.1) is 17.9 Å². The second kappa shape index (κ2) is 6.52. The lowest BCUT2D eigenvalue weighted by Crippen LogP contribution is -2.42. The Morgan fingerprint density at radius 3 is 2.56 bits per heavy atom. The lowest BCUT2D eigenvalue weighted by Gasteiger charge is -2.35. The molecule has 4 rings (SSSR count). The molecule has 0 unspecified atom stereocenters. The van der Waals surface area contributed by atoms with Crippen LogP contribution in [-0.2, 0) is 0 Å². The Morgan fingerprint density at radius 2 is 1.88 bits per heavy atom. The lowest BCUT2D eigenvalue weighted by atomic mass is 9.78. The summed E-state index contributed by atoms with van der Waals surface area (Å²) in [6.07, 6.45) is 3.31. The highest BCUT2D eigenvalue weighted by atomic mass is 19.1. The first kappa shape index (κ1) is 16.1. The number of halogens is 1. The summed E-state index contributed by atoms with van der Waals surface area (Å²) in [6.45, 7) is 1.31. The van der Waals surface area contributed by atoms with Crippen LogP contribution >= 0.6 is 0 Å². The van der Waals surface area contributed by atoms with Crippen molar-refractivity contribution in [3.8, 4) is 5.75 Å². The number of nitrogens with zero attached hydrogens (tertiary/aromatic N) is 1. The standard InChI is InChI=1S/C19H20FNO4/c20-15-1-3-16(4-2-15)25-18-8-14-10-21(9-13(14)7-17(18)22)19(23)12-5-6-24-11-12/h1-6,11,13-14,17-18,22H,7-10H2/t13-,14+,17+,18+/m0/s1. The first-order valence-corrected chi connectivity index (χ1v) is 8.52. The Bertz CT molecular complexity index is 730. The van der Waals surface area contributed by atoms with Crippen LogP contribution in [0.3, 0.4) is 0 Å². The lowest BCUT2D eigenvalue weighted by molar-refractivity contribution is -0.0231. The van der Waals surface area contributed by atoms with E-state index in [9.17, 15) is 14.3 Å². The molecule has 4 atom stereocenters. The third kappa shape index (κ3) is 3.26. The Labute approximate surface area is 145 Å². The van der Waals surface area contributed by atoms with Gasteiger partial charge in [-0.25, -0.2) is 4.39 Å². The molecule has 1 N–H and O–H groups in total. The van der Waals surface area contributed by atoms with Crippen molar-refractivity contribution in [2.45, 2.75) is 25.0 Å². The predicted octanol–water partition coefficient (Wildman–Crippen LogP) is 2.71. The van der Waals surface area contributed by atoms with Crippen LogP contribution in [0.4, 0.5) is 4.39 Å². The zero-order valence-corrected chi connectivity index (χ0v) is 13.7. The van der Waals surface area contributed by atoms with Crippen molar-refractivity contribution in [1.29, 1.82) is 0 Å². The van der Waals surface area contributed by atoms with Crippen LogP contribution in [-0.4, -0.2) is 41.2 Å². The normalized spacial score (nSPS) is 28.6. The van der Waals surface area contributed by atoms with E-state index in [1.807, 2.05) is 4.90 Å². The van der Waals surface area contributed by atoms with Gasteiger partial charge in [-0.1, -0.05) is 0 Å². The molecule has 0 bridgehead atoms. The molecule has 1 aromatic heterocycles. The Balaban J connectivity index is 1.41. The molecule has 0 radical (unpaired) electrons. The van der Waals surface area contributed by atoms with Gasteiger partial charge in [-0.15, -0.1) is 0 Å². The van der Waals surface area contributed by atoms with Crippen LogP contribution in [0.1, 0.15) is 23.2 Å². The van der Waals surface area contributed by atoms with Crippen LogP contribution in [0.2, 0.25) is 0 Å². The van der Waals surface area contributed by atoms with Gasteiger partial charge in [0.2, 0.25) is 0 Å². The quantitative estimate of drug-likeness (QED) is 0.929. The van der Waals surface area contributed by atoms with E-state index < -0.39 is 6.10 Å². The maximum Gasteiger partial charge on any atom is 0.257 e. The molecule has 0 spiro atoms. The van der Waals surface area contributed by atoms with E-state index >= 15 is 0 Å². The van der Waals surface area contributed by atoms with Crippen molar-refractivity contribution in [3.63, 3.8) is 0 Å². The van der Waals surface area contributed by atoms with Gasteiger partial charge < -0.3 is 19.2 Å². The molecular weight excluding hydrogens is 325 g/mol. The summed E-state index contributed by atoms with van der Waals surface area (Å²) < 4.78 is 23.9. The summed E-state index contributed by atoms with van der Waals surface area (Å²) in [5, 5.41) is 10.4. The Kier molecular flexibility index (Phi) is 4.21. The molecule has 1 saturated heterocycles. The van der Waals surface area contributed by atoms with Gasteiger partial charge in [-0.05, 0) is 55.0 Å². The van der Waals surface area contributed by atoms with E-state index in [0.29, 0.717) is 43.2 Å². The van der Waals surface area contributed by atoms with Gasteiger partial charge in [0.25, 0.3) is 5.91 Å². The van der Waals surface area contributed by atoms with Crippen LogP contribution < -0.4 is 4.74 Å². The van der Waals surface area contributed by atoms with Crippen molar-refractivity contribution in [2.24, 2.45) is 11.8 Å². The third-order valence-corrected chi connectivity index (χ3v) is 5.24. The van der Waals surface area contributed by atoms with Crippen LogP contribution in [0, 0.1) is 17.7 Å². The Hall–Kier alpha value is -2.34. The average molecular weight is 345 g/mol. The van der Waals surface area contributed by atoms with E-state index in [4.69, 9.17) is 9.15 Å². The molecule has 25 heavy (non-hydrogen) atoms. The van der Waals surface area contributed by atoms with Crippen molar-refractivity contribution in [3.05, 3.63) is 54.2 Å². The molecule has 1 aromatic carbocycles. The minimum atomic E-state index is -0.588. The van der Waals surface area contributed by atoms with Crippen molar-refractivity contribution in [1.82, 2.24) is 4.90 Å². The van der Waals surface area contributed by atoms with Crippen molar-refractivity contribution >= 4 is 5.91 Å². The molecule has 1 aliphatic carbocycles. The second-order valence-corrected chi connectivity index (χ2v) is 6.89. The zero-order valence-electron chi connectivity index (χ0n) is 13.7. The molecule has 2 aromatic rings. The van der Waals surface area contributed by atoms with Crippen LogP contribution in [0.15, 0.2) is 47.3 Å². The number of rotatable bonds is 3. The number of carbonyl (C=O) groups excluding carboxylic acids is 1. The van der Waals surface area contributed by atoms with Gasteiger partial charge in [0.1, 0.15) is 23.9 Å². The largest absolute Gasteiger partial charge is 0.488 e. The molecule has 2 heterocycles. The van der Waals surface area contributed by atoms with Crippen molar-refractivity contribution < 1.29 is 23.4 Å². The summed E-state index contributed by atoms with van der Waals surface area (Å²) >= 11 is 0. The summed E-state index contributed by atoms with van der Waals surface area (Å²) in [7, 11) is 0. The maximum atomic E-state index is 13.0. The minimum Gasteiger partial charge on any atom is -0.488 e. The molecule has 1 aliphatic heterocycles. The first-order valence-electron chi connectivity index (χ1n) is 8.52. The van der Waals surface area contributed by atoms with Crippen LogP contribution in [0.25, 0.3) is 0 Å². The molecule has 5 nitrogen and oxygen atoms in total. The maximum absolute atomic E-state index is 13.0. The van der Waals surface area contributed by atoms with E-state index in [-0.39, 0.29) is 23.7 Å². The SMILES string of the molecule is O=C(c1ccoc1)N1C[C@H]2C[C@@H](Oc3ccc(F)cc3)[C@H](O)C[C@H]2C1. The summed E-state index contributed by atoms with van der Waals surface area (Å²) in [4.78, 5) is 14.3. The number of hydrogen-bond donors (Lipinski definition) is 1. The molecule has 2 aliphatic rings. The van der Waals surface area contributed by atoms with Crippen LogP contribution in [0.5, 0.6) is 5.75 Å². The molecule has 1 amide bonds. The number of furan rings is 1. The smallest absolute Gasteiger partial charge is 0.257 e. The Morgan fingerprint density at radius 1 is 1.16 bits per heavy atom. The fourth-order valence-electron chi connectivity index (χ4n) is 3.94. The summed E-state index contributed by atoms with van der Waals surface area (Å²) in [5.41, 5.74) is 0.554. The third-order valence-electron chi connectivity index (χ3n) is 5.24. The molecular formula is C19H20FNO4. The number of amides is 1. The second-order valence-electron chi connectivity index (χ2n) is 6.89. The molecule has 6 heteroatoms. The highest BCUT2D eigenvalue weighted by Crippen LogP contribution is 2.38. The predicted molar refractivity (Wildman–Crippen MR) is 87.6 cm³/mol. The number of fused-ring (bicyclic) bond motifs is 1. The number of aliphatic hydroxyl groups is 1. The van der Waals surface area contributed by atoms with Gasteiger partial charge >= 0.3 is 0 Å². The van der Waals surface area contributed by atoms with E-state index in [1.54, 1.807) is 18.2 Å². The zero-order chi connectivity index (χ0) is 17.4. The average Bonchev–Trinajstić information content (AvgIpc) is 3.26. The van der Waals surface area contributed by atoms with Gasteiger partial charge in [-0.2, -0.15) is 0 Å². The number of carbonyl (C=O) groups is 1. The first-order chi connectivity index (χ1) is 12.1. The van der Waals surface area contributed by atoms with E-state index in [0.717, 1.165) is 0 Å². The highest BCUT2D eigenvalue weighted by molar-refractivity contribution is 5.94. The highest BCUT2D eigenvalue weighted by Gasteiger charge is 2.44. The van der Waals surface area contributed by atoms with Gasteiger partial charge in [0.15, 0.2) is 0 Å². The number of likely N-dealkylation sites (tertiary alicyclic amines) is 1. The van der Waals surface area contributed by atoms with E-state index in [2.05, 4.69) is 0 Å². The fraction of sp³-hybridized carbons (Fsp3) is 0.421. The number of hydrogen-bond acceptors (Lipinski definition) is 4. The molecule has 1 saturated carbocycles. The topological polar surface area (TPSA) is 62.9 Å². The van der Waals surface area contributed by atoms with Gasteiger partial charge in [0, 0.05) is 13.1 Å². The number of ether oxygens (including phenoxy) is 1. The number of aliphatic hydroxyl groups excluding tert-OH is 1. The fourth-order valence-corrected chi connectivity index (χ4v) is 3.94. The molecule has 132 valence electrons. The summed E-state index contributed by atoms with van der Waals surface area (Å²) in [6, 6.07) is 7.48. The van der Waals surface area contributed by atoms with E-state index in [1.165, 1.54) is 24.7 Å².